The maximum atomic E-state index is 12.2. The summed E-state index contributed by atoms with van der Waals surface area (Å²) in [5.41, 5.74) is -0.832. The van der Waals surface area contributed by atoms with E-state index in [-0.39, 0.29) is 0 Å². The highest BCUT2D eigenvalue weighted by molar-refractivity contribution is 7.47. The lowest BCUT2D eigenvalue weighted by Crippen LogP contribution is -2.50. The van der Waals surface area contributed by atoms with E-state index in [9.17, 15) is 19.0 Å². The summed E-state index contributed by atoms with van der Waals surface area (Å²) in [6, 6.07) is -1.42. The van der Waals surface area contributed by atoms with Gasteiger partial charge in [0, 0.05) is 7.05 Å². The summed E-state index contributed by atoms with van der Waals surface area (Å²) in [5, 5.41) is 20.7. The number of carbonyl (C=O) groups is 2. The van der Waals surface area contributed by atoms with E-state index < -0.39 is 57.4 Å². The molecule has 0 radical (unpaired) electrons. The number of aliphatic hydroxyl groups is 2. The van der Waals surface area contributed by atoms with Gasteiger partial charge in [-0.05, 0) is 20.8 Å². The molecule has 154 valence electrons. The van der Waals surface area contributed by atoms with Crippen LogP contribution in [0.3, 0.4) is 0 Å². The number of phosphoric ester groups is 1. The van der Waals surface area contributed by atoms with E-state index in [0.29, 0.717) is 0 Å². The van der Waals surface area contributed by atoms with Gasteiger partial charge in [0.1, 0.15) is 17.7 Å². The second-order valence-corrected chi connectivity index (χ2v) is 7.57. The van der Waals surface area contributed by atoms with Crippen molar-refractivity contribution in [3.63, 3.8) is 0 Å². The van der Waals surface area contributed by atoms with Crippen molar-refractivity contribution >= 4 is 19.8 Å². The van der Waals surface area contributed by atoms with Gasteiger partial charge in [-0.25, -0.2) is 14.4 Å². The van der Waals surface area contributed by atoms with Gasteiger partial charge < -0.3 is 25.2 Å². The van der Waals surface area contributed by atoms with E-state index in [1.807, 2.05) is 0 Å². The minimum Gasteiger partial charge on any atom is -0.444 e. The van der Waals surface area contributed by atoms with Crippen LogP contribution in [0.2, 0.25) is 0 Å². The number of phosphoric acid groups is 1. The van der Waals surface area contributed by atoms with E-state index in [0.717, 1.165) is 5.06 Å². The Morgan fingerprint density at radius 3 is 2.23 bits per heavy atom. The molecule has 0 spiro atoms. The Bertz CT molecular complexity index is 510. The van der Waals surface area contributed by atoms with Crippen LogP contribution >= 0.6 is 7.82 Å². The Morgan fingerprint density at radius 2 is 1.77 bits per heavy atom. The van der Waals surface area contributed by atoms with Crippen LogP contribution in [0.5, 0.6) is 0 Å². The van der Waals surface area contributed by atoms with Crippen molar-refractivity contribution in [2.45, 2.75) is 38.5 Å². The molecule has 0 aliphatic heterocycles. The molecular formula is C13H27N2O10P. The number of rotatable bonds is 10. The Labute approximate surface area is 151 Å². The normalized spacial score (nSPS) is 16.3. The van der Waals surface area contributed by atoms with E-state index in [1.165, 1.54) is 14.2 Å². The second kappa shape index (κ2) is 10.8. The zero-order valence-corrected chi connectivity index (χ0v) is 16.3. The Balaban J connectivity index is 4.93. The van der Waals surface area contributed by atoms with Crippen molar-refractivity contribution in [3.8, 4) is 0 Å². The van der Waals surface area contributed by atoms with Crippen LogP contribution in [0.15, 0.2) is 0 Å². The summed E-state index contributed by atoms with van der Waals surface area (Å²) in [7, 11) is -2.18. The minimum absolute atomic E-state index is 0.666. The number of hydrogen-bond donors (Lipinski definition) is 4. The fourth-order valence-corrected chi connectivity index (χ4v) is 2.15. The van der Waals surface area contributed by atoms with Gasteiger partial charge in [-0.15, -0.1) is 0 Å². The number of alkyl carbamates (subject to hydrolysis) is 1. The van der Waals surface area contributed by atoms with Crippen LogP contribution in [0.1, 0.15) is 20.8 Å². The zero-order valence-electron chi connectivity index (χ0n) is 15.4. The molecule has 0 heterocycles. The van der Waals surface area contributed by atoms with Gasteiger partial charge in [0.15, 0.2) is 0 Å². The van der Waals surface area contributed by atoms with Crippen LogP contribution in [0, 0.1) is 0 Å². The van der Waals surface area contributed by atoms with Crippen LogP contribution in [0.25, 0.3) is 0 Å². The Morgan fingerprint density at radius 1 is 1.23 bits per heavy atom. The molecule has 26 heavy (non-hydrogen) atoms. The summed E-state index contributed by atoms with van der Waals surface area (Å²) >= 11 is 0. The summed E-state index contributed by atoms with van der Waals surface area (Å²) in [6.45, 7) is 2.76. The highest BCUT2D eigenvalue weighted by Gasteiger charge is 2.31. The number of likely N-dealkylation sites (N-methyl/N-ethyl adjacent to an activating group) is 1. The predicted octanol–water partition coefficient (Wildman–Crippen LogP) is -0.614. The van der Waals surface area contributed by atoms with Crippen LogP contribution in [0.4, 0.5) is 4.79 Å². The first-order valence-corrected chi connectivity index (χ1v) is 9.03. The Hall–Kier alpha value is -1.27. The summed E-state index contributed by atoms with van der Waals surface area (Å²) < 4.78 is 25.9. The lowest BCUT2D eigenvalue weighted by atomic mass is 10.2. The number of nitrogens with zero attached hydrogens (tertiary/aromatic N) is 1. The topological polar surface area (TPSA) is 164 Å². The van der Waals surface area contributed by atoms with Gasteiger partial charge in [-0.2, -0.15) is 0 Å². The van der Waals surface area contributed by atoms with Gasteiger partial charge in [-0.1, -0.05) is 0 Å². The molecule has 0 aromatic rings. The molecule has 0 aromatic carbocycles. The number of hydroxylamine groups is 2. The molecule has 12 nitrogen and oxygen atoms in total. The number of nitrogens with one attached hydrogen (secondary N) is 1. The van der Waals surface area contributed by atoms with Crippen molar-refractivity contribution < 1.29 is 47.9 Å². The average Bonchev–Trinajstić information content (AvgIpc) is 2.53. The third-order valence-corrected chi connectivity index (χ3v) is 3.57. The largest absolute Gasteiger partial charge is 0.472 e. The SMILES string of the molecule is CON(C)C(=O)[C@H](COP(=O)(O)OC[C@H](O)CO)NC(=O)OC(C)(C)C. The van der Waals surface area contributed by atoms with Gasteiger partial charge >= 0.3 is 13.9 Å². The molecule has 0 bridgehead atoms. The molecule has 1 unspecified atom stereocenters. The van der Waals surface area contributed by atoms with Crippen molar-refractivity contribution in [3.05, 3.63) is 0 Å². The molecule has 2 amide bonds. The van der Waals surface area contributed by atoms with E-state index in [1.54, 1.807) is 20.8 Å². The molecule has 0 rings (SSSR count). The van der Waals surface area contributed by atoms with Crippen molar-refractivity contribution in [1.82, 2.24) is 10.4 Å². The Kier molecular flexibility index (Phi) is 10.2. The summed E-state index contributed by atoms with van der Waals surface area (Å²) in [6.07, 6.45) is -2.33. The van der Waals surface area contributed by atoms with Gasteiger partial charge in [0.05, 0.1) is 26.9 Å². The fraction of sp³-hybridized carbons (Fsp3) is 0.846. The van der Waals surface area contributed by atoms with Gasteiger partial charge in [-0.3, -0.25) is 18.7 Å². The molecule has 0 saturated heterocycles. The maximum Gasteiger partial charge on any atom is 0.472 e. The first kappa shape index (κ1) is 24.7. The number of amides is 2. The molecule has 3 atom stereocenters. The molecule has 0 aliphatic carbocycles. The number of carbonyl (C=O) groups excluding carboxylic acids is 2. The van der Waals surface area contributed by atoms with Gasteiger partial charge in [0.25, 0.3) is 5.91 Å². The second-order valence-electron chi connectivity index (χ2n) is 6.11. The predicted molar refractivity (Wildman–Crippen MR) is 87.8 cm³/mol. The summed E-state index contributed by atoms with van der Waals surface area (Å²) in [5.74, 6) is -0.784. The van der Waals surface area contributed by atoms with Crippen molar-refractivity contribution in [1.29, 1.82) is 0 Å². The van der Waals surface area contributed by atoms with E-state index in [4.69, 9.17) is 19.8 Å². The van der Waals surface area contributed by atoms with Crippen LogP contribution in [-0.4, -0.2) is 83.9 Å². The molecule has 0 saturated carbocycles. The molecular weight excluding hydrogens is 375 g/mol. The van der Waals surface area contributed by atoms with Crippen molar-refractivity contribution in [2.24, 2.45) is 0 Å². The fourth-order valence-electron chi connectivity index (χ4n) is 1.37. The molecule has 0 aromatic heterocycles. The lowest BCUT2D eigenvalue weighted by molar-refractivity contribution is -0.171. The number of ether oxygens (including phenoxy) is 1. The molecule has 4 N–H and O–H groups in total. The standard InChI is InChI=1S/C13H27N2O10P/c1-13(2,3)25-12(19)14-10(11(18)15(4)22-5)8-24-26(20,21)23-7-9(17)6-16/h9-10,16-17H,6-8H2,1-5H3,(H,14,19)(H,20,21)/t9-,10+/m1/s1. The van der Waals surface area contributed by atoms with E-state index in [2.05, 4.69) is 14.4 Å². The van der Waals surface area contributed by atoms with Crippen LogP contribution < -0.4 is 5.32 Å². The first-order chi connectivity index (χ1) is 11.8. The smallest absolute Gasteiger partial charge is 0.444 e. The molecule has 13 heteroatoms. The third-order valence-electron chi connectivity index (χ3n) is 2.62. The van der Waals surface area contributed by atoms with E-state index >= 15 is 0 Å². The molecule has 0 aliphatic rings. The van der Waals surface area contributed by atoms with Crippen molar-refractivity contribution in [2.75, 3.05) is 34.0 Å². The summed E-state index contributed by atoms with van der Waals surface area (Å²) in [4.78, 5) is 38.2. The zero-order chi connectivity index (χ0) is 20.5. The lowest BCUT2D eigenvalue weighted by Gasteiger charge is -2.25. The highest BCUT2D eigenvalue weighted by Crippen LogP contribution is 2.43. The monoisotopic (exact) mass is 402 g/mol. The van der Waals surface area contributed by atoms with Crippen LogP contribution in [-0.2, 0) is 28.0 Å². The minimum atomic E-state index is -4.65. The number of hydrogen-bond acceptors (Lipinski definition) is 9. The maximum absolute atomic E-state index is 12.2. The quantitative estimate of drug-likeness (QED) is 0.274. The third kappa shape index (κ3) is 10.7. The number of aliphatic hydroxyl groups excluding tert-OH is 2. The first-order valence-electron chi connectivity index (χ1n) is 7.53. The average molecular weight is 402 g/mol. The van der Waals surface area contributed by atoms with Gasteiger partial charge in [0.2, 0.25) is 0 Å². The highest BCUT2D eigenvalue weighted by atomic mass is 31.2. The molecule has 0 fully saturated rings.